The van der Waals surface area contributed by atoms with Crippen LogP contribution in [0.25, 0.3) is 0 Å². The first kappa shape index (κ1) is 21.3. The fourth-order valence-corrected chi connectivity index (χ4v) is 7.89. The van der Waals surface area contributed by atoms with Crippen LogP contribution in [0, 0.1) is 3.74 Å². The Morgan fingerprint density at radius 1 is 0.562 bits per heavy atom. The van der Waals surface area contributed by atoms with E-state index in [1.807, 2.05) is 0 Å². The molecule has 0 aromatic carbocycles. The van der Waals surface area contributed by atoms with Crippen molar-refractivity contribution in [3.63, 3.8) is 0 Å². The zero-order valence-electron chi connectivity index (χ0n) is 6.66. The summed E-state index contributed by atoms with van der Waals surface area (Å²) in [6.45, 7) is 0. The Morgan fingerprint density at radius 2 is 0.875 bits per heavy atom. The van der Waals surface area contributed by atoms with Crippen molar-refractivity contribution in [3.05, 3.63) is 3.74 Å². The average Bonchev–Trinajstić information content (AvgIpc) is 2.00. The van der Waals surface area contributed by atoms with Gasteiger partial charge in [-0.15, -0.1) is 0 Å². The fourth-order valence-electron chi connectivity index (χ4n) is 0.494. The molecule has 0 N–H and O–H groups in total. The summed E-state index contributed by atoms with van der Waals surface area (Å²) in [5, 5.41) is 0. The van der Waals surface area contributed by atoms with Gasteiger partial charge < -0.3 is 0 Å². The molecule has 16 heavy (non-hydrogen) atoms. The van der Waals surface area contributed by atoms with E-state index in [1.165, 1.54) is 0 Å². The molecule has 0 amide bonds. The van der Waals surface area contributed by atoms with Crippen molar-refractivity contribution in [1.82, 2.24) is 0 Å². The number of hydrogen-bond acceptors (Lipinski definition) is 0. The minimum absolute atomic E-state index is 0.616. The van der Waals surface area contributed by atoms with Crippen LogP contribution < -0.4 is 0 Å². The third kappa shape index (κ3) is 4.40. The molecule has 1 radical (unpaired) electrons. The molecule has 0 unspecified atom stereocenters. The van der Waals surface area contributed by atoms with E-state index in [2.05, 4.69) is 175 Å². The minimum atomic E-state index is -0.682. The van der Waals surface area contributed by atoms with Crippen LogP contribution in [0.4, 0.5) is 0 Å². The summed E-state index contributed by atoms with van der Waals surface area (Å²) < 4.78 is -1.84. The van der Waals surface area contributed by atoms with Gasteiger partial charge in [-0.2, -0.15) is 0 Å². The zero-order chi connectivity index (χ0) is 13.6. The van der Waals surface area contributed by atoms with E-state index in [1.54, 1.807) is 0 Å². The molecule has 0 heterocycles. The SMILES string of the molecule is Br[C](Br)C(Br)(Br)C(Br)(Br)C(Br)(Br)C(Br)(Br)Br. The molecule has 0 atom stereocenters. The molecule has 0 aliphatic carbocycles. The third-order valence-corrected chi connectivity index (χ3v) is 20.7. The number of halogens is 11. The maximum Gasteiger partial charge on any atom is 0.162 e. The van der Waals surface area contributed by atoms with Gasteiger partial charge in [0.25, 0.3) is 0 Å². The van der Waals surface area contributed by atoms with Gasteiger partial charge in [0, 0.05) is 0 Å². The lowest BCUT2D eigenvalue weighted by atomic mass is 10.2. The molecule has 0 aromatic rings. The second-order valence-corrected chi connectivity index (χ2v) is 22.2. The number of rotatable bonds is 3. The largest absolute Gasteiger partial charge is 0.162 e. The Morgan fingerprint density at radius 3 is 1.06 bits per heavy atom. The Bertz CT molecular complexity index is 248. The van der Waals surface area contributed by atoms with Crippen LogP contribution in [-0.2, 0) is 0 Å². The van der Waals surface area contributed by atoms with Crippen LogP contribution in [0.15, 0.2) is 0 Å². The molecule has 0 fully saturated rings. The van der Waals surface area contributed by atoms with Crippen LogP contribution in [0.1, 0.15) is 0 Å². The van der Waals surface area contributed by atoms with E-state index in [0.29, 0.717) is 0 Å². The van der Waals surface area contributed by atoms with E-state index in [-0.39, 0.29) is 0 Å². The molecule has 11 heteroatoms. The summed E-state index contributed by atoms with van der Waals surface area (Å²) in [7, 11) is 0. The van der Waals surface area contributed by atoms with Gasteiger partial charge in [0.15, 0.2) is 2.14 Å². The highest BCUT2D eigenvalue weighted by molar-refractivity contribution is 9.42. The second-order valence-electron chi connectivity index (χ2n) is 2.48. The summed E-state index contributed by atoms with van der Waals surface area (Å²) in [4.78, 5) is 0. The van der Waals surface area contributed by atoms with Crippen molar-refractivity contribution >= 4 is 175 Å². The van der Waals surface area contributed by atoms with Gasteiger partial charge in [0.1, 0.15) is 13.4 Å². The zero-order valence-corrected chi connectivity index (χ0v) is 24.1. The monoisotopic (exact) mass is 928 g/mol. The Labute approximate surface area is 187 Å². The molecule has 97 valence electrons. The van der Waals surface area contributed by atoms with Crippen molar-refractivity contribution < 1.29 is 0 Å². The van der Waals surface area contributed by atoms with Crippen LogP contribution in [0.5, 0.6) is 0 Å². The van der Waals surface area contributed by atoms with Crippen molar-refractivity contribution in [2.45, 2.75) is 11.8 Å². The smallest absolute Gasteiger partial charge is 0.0675 e. The molecular weight excluding hydrogens is 939 g/mol. The standard InChI is InChI=1S/C5Br11/c6-1(7)2(8,9)3(10,11)4(12,13)5(14,15)16. The maximum absolute atomic E-state index is 3.62. The molecule has 0 nitrogen and oxygen atoms in total. The molecule has 0 spiro atoms. The van der Waals surface area contributed by atoms with Gasteiger partial charge in [-0.1, -0.05) is 175 Å². The van der Waals surface area contributed by atoms with Crippen molar-refractivity contribution in [2.24, 2.45) is 0 Å². The van der Waals surface area contributed by atoms with Gasteiger partial charge in [-0.3, -0.25) is 0 Å². The van der Waals surface area contributed by atoms with Gasteiger partial charge in [0.05, 0.1) is 0 Å². The first-order chi connectivity index (χ1) is 6.69. The second kappa shape index (κ2) is 7.23. The Hall–Kier alpha value is 5.28. The number of alkyl halides is 9. The van der Waals surface area contributed by atoms with Gasteiger partial charge >= 0.3 is 0 Å². The van der Waals surface area contributed by atoms with Crippen molar-refractivity contribution in [3.8, 4) is 0 Å². The van der Waals surface area contributed by atoms with Gasteiger partial charge in [-0.05, 0) is 0 Å². The van der Waals surface area contributed by atoms with E-state index >= 15 is 0 Å². The molecule has 0 rings (SSSR count). The average molecular weight is 939 g/mol. The van der Waals surface area contributed by atoms with Crippen molar-refractivity contribution in [2.75, 3.05) is 0 Å². The molecule has 0 aliphatic rings. The minimum Gasteiger partial charge on any atom is -0.0675 e. The lowest BCUT2D eigenvalue weighted by molar-refractivity contribution is 0.774. The van der Waals surface area contributed by atoms with Crippen molar-refractivity contribution in [1.29, 1.82) is 0 Å². The maximum atomic E-state index is 3.62. The van der Waals surface area contributed by atoms with Crippen LogP contribution in [0.2, 0.25) is 0 Å². The molecule has 0 bridgehead atoms. The van der Waals surface area contributed by atoms with E-state index in [9.17, 15) is 0 Å². The highest BCUT2D eigenvalue weighted by atomic mass is 80.0. The summed E-state index contributed by atoms with van der Waals surface area (Å²) in [6, 6.07) is 0. The Balaban J connectivity index is 5.53. The molecule has 0 saturated carbocycles. The van der Waals surface area contributed by atoms with Gasteiger partial charge in [0.2, 0.25) is 0 Å². The predicted molar refractivity (Wildman–Crippen MR) is 112 cm³/mol. The quantitative estimate of drug-likeness (QED) is 0.249. The molecule has 0 aliphatic heterocycles. The predicted octanol–water partition coefficient (Wildman–Crippen LogP) is 8.56. The van der Waals surface area contributed by atoms with Crippen LogP contribution in [-0.4, -0.2) is 11.8 Å². The molecule has 0 aromatic heterocycles. The first-order valence-electron chi connectivity index (χ1n) is 3.08. The normalized spacial score (nSPS) is 15.8. The summed E-state index contributed by atoms with van der Waals surface area (Å²) in [5.74, 6) is 0. The third-order valence-electron chi connectivity index (χ3n) is 1.38. The summed E-state index contributed by atoms with van der Waals surface area (Å²) in [5.41, 5.74) is 0. The highest BCUT2D eigenvalue weighted by Crippen LogP contribution is 2.71. The highest BCUT2D eigenvalue weighted by Gasteiger charge is 2.66. The van der Waals surface area contributed by atoms with E-state index in [4.69, 9.17) is 0 Å². The molecule has 0 saturated heterocycles. The molecular formula is C5Br11. The number of hydrogen-bond donors (Lipinski definition) is 0. The fraction of sp³-hybridized carbons (Fsp3) is 0.800. The first-order valence-corrected chi connectivity index (χ1v) is 11.8. The van der Waals surface area contributed by atoms with Gasteiger partial charge in [-0.25, -0.2) is 0 Å². The lowest BCUT2D eigenvalue weighted by Gasteiger charge is -2.47. The van der Waals surface area contributed by atoms with Crippen LogP contribution in [0.3, 0.4) is 0 Å². The topological polar surface area (TPSA) is 0 Å². The van der Waals surface area contributed by atoms with E-state index < -0.39 is 11.8 Å². The van der Waals surface area contributed by atoms with E-state index in [0.717, 1.165) is 3.74 Å². The Kier molecular flexibility index (Phi) is 9.62. The summed E-state index contributed by atoms with van der Waals surface area (Å²) in [6.07, 6.45) is 0. The lowest BCUT2D eigenvalue weighted by Crippen LogP contribution is -2.54. The summed E-state index contributed by atoms with van der Waals surface area (Å²) >= 11 is 38.8. The van der Waals surface area contributed by atoms with Crippen LogP contribution >= 0.6 is 175 Å².